The molecule has 1 aromatic carbocycles. The molecule has 8 nitrogen and oxygen atoms in total. The van der Waals surface area contributed by atoms with Crippen LogP contribution in [0.3, 0.4) is 0 Å². The summed E-state index contributed by atoms with van der Waals surface area (Å²) in [4.78, 5) is 44.9. The summed E-state index contributed by atoms with van der Waals surface area (Å²) in [5.41, 5.74) is 0.290. The van der Waals surface area contributed by atoms with Gasteiger partial charge in [-0.3, -0.25) is 9.59 Å². The zero-order valence-corrected chi connectivity index (χ0v) is 21.4. The molecular weight excluding hydrogens is 537 g/mol. The minimum atomic E-state index is -4.72. The largest absolute Gasteiger partial charge is 0.406 e. The molecule has 2 atom stereocenters. The van der Waals surface area contributed by atoms with Gasteiger partial charge in [0.1, 0.15) is 18.4 Å². The second kappa shape index (κ2) is 10.7. The van der Waals surface area contributed by atoms with Gasteiger partial charge in [-0.1, -0.05) is 18.2 Å². The SMILES string of the molecule is O=C1CC2(CCN(C(=O)N[C@@H]3CC[C@@H](c4cccc(F)c4F)CN(CC(F)(F)F)C3=O)CC2)c2cccnc2N1. The summed E-state index contributed by atoms with van der Waals surface area (Å²) in [6.45, 7) is -1.52. The van der Waals surface area contributed by atoms with Crippen LogP contribution >= 0.6 is 0 Å². The third-order valence-corrected chi connectivity index (χ3v) is 8.09. The van der Waals surface area contributed by atoms with Crippen LogP contribution in [0.5, 0.6) is 0 Å². The van der Waals surface area contributed by atoms with E-state index in [4.69, 9.17) is 0 Å². The third kappa shape index (κ3) is 5.59. The molecule has 2 fully saturated rings. The minimum Gasteiger partial charge on any atom is -0.331 e. The summed E-state index contributed by atoms with van der Waals surface area (Å²) in [5.74, 6) is -3.77. The van der Waals surface area contributed by atoms with Crippen LogP contribution in [-0.4, -0.2) is 71.0 Å². The fraction of sp³-hybridized carbons (Fsp3) is 0.481. The van der Waals surface area contributed by atoms with Crippen molar-refractivity contribution in [2.45, 2.75) is 55.7 Å². The normalized spacial score (nSPS) is 22.9. The number of nitrogens with one attached hydrogen (secondary N) is 2. The highest BCUT2D eigenvalue weighted by atomic mass is 19.4. The third-order valence-electron chi connectivity index (χ3n) is 8.09. The number of alkyl halides is 3. The van der Waals surface area contributed by atoms with Crippen molar-refractivity contribution in [2.75, 3.05) is 31.5 Å². The summed E-state index contributed by atoms with van der Waals surface area (Å²) in [6.07, 6.45) is -1.95. The summed E-state index contributed by atoms with van der Waals surface area (Å²) in [5, 5.41) is 5.34. The van der Waals surface area contributed by atoms with Gasteiger partial charge in [0.2, 0.25) is 11.8 Å². The van der Waals surface area contributed by atoms with E-state index in [1.165, 1.54) is 17.0 Å². The Bertz CT molecular complexity index is 1310. The first kappa shape index (κ1) is 27.8. The van der Waals surface area contributed by atoms with Gasteiger partial charge in [0, 0.05) is 49.1 Å². The number of pyridine rings is 1. The van der Waals surface area contributed by atoms with Crippen LogP contribution in [-0.2, 0) is 15.0 Å². The minimum absolute atomic E-state index is 0.0451. The molecule has 3 aliphatic heterocycles. The zero-order chi connectivity index (χ0) is 28.7. The number of hydrogen-bond donors (Lipinski definition) is 2. The highest BCUT2D eigenvalue weighted by Gasteiger charge is 2.45. The number of hydrogen-bond acceptors (Lipinski definition) is 4. The van der Waals surface area contributed by atoms with E-state index in [-0.39, 0.29) is 43.8 Å². The molecule has 40 heavy (non-hydrogen) atoms. The van der Waals surface area contributed by atoms with Gasteiger partial charge in [0.15, 0.2) is 11.6 Å². The number of carbonyl (C=O) groups is 3. The summed E-state index contributed by atoms with van der Waals surface area (Å²) in [6, 6.07) is 5.27. The Morgan fingerprint density at radius 1 is 1.10 bits per heavy atom. The number of halogens is 5. The Morgan fingerprint density at radius 2 is 1.85 bits per heavy atom. The zero-order valence-electron chi connectivity index (χ0n) is 21.4. The second-order valence-corrected chi connectivity index (χ2v) is 10.6. The summed E-state index contributed by atoms with van der Waals surface area (Å²) >= 11 is 0. The van der Waals surface area contributed by atoms with Crippen molar-refractivity contribution in [3.63, 3.8) is 0 Å². The van der Waals surface area contributed by atoms with Crippen molar-refractivity contribution in [3.8, 4) is 0 Å². The van der Waals surface area contributed by atoms with Crippen LogP contribution < -0.4 is 10.6 Å². The Kier molecular flexibility index (Phi) is 7.40. The van der Waals surface area contributed by atoms with E-state index in [2.05, 4.69) is 15.6 Å². The van der Waals surface area contributed by atoms with Gasteiger partial charge in [-0.15, -0.1) is 0 Å². The van der Waals surface area contributed by atoms with Crippen LogP contribution in [0, 0.1) is 11.6 Å². The van der Waals surface area contributed by atoms with Gasteiger partial charge in [-0.25, -0.2) is 18.6 Å². The fourth-order valence-corrected chi connectivity index (χ4v) is 6.08. The van der Waals surface area contributed by atoms with Crippen LogP contribution in [0.1, 0.15) is 49.1 Å². The first-order valence-corrected chi connectivity index (χ1v) is 13.1. The number of anilines is 1. The van der Waals surface area contributed by atoms with Gasteiger partial charge in [0.25, 0.3) is 0 Å². The quantitative estimate of drug-likeness (QED) is 0.549. The number of piperidine rings is 1. The number of amides is 4. The number of carbonyl (C=O) groups excluding carboxylic acids is 3. The molecule has 2 N–H and O–H groups in total. The molecule has 0 saturated carbocycles. The number of benzene rings is 1. The van der Waals surface area contributed by atoms with E-state index in [1.54, 1.807) is 12.3 Å². The van der Waals surface area contributed by atoms with Gasteiger partial charge in [0.05, 0.1) is 0 Å². The monoisotopic (exact) mass is 565 g/mol. The first-order valence-electron chi connectivity index (χ1n) is 13.1. The molecular formula is C27H28F5N5O3. The standard InChI is InChI=1S/C27H28F5N5O3/c28-19-5-1-3-17(22(19)29)16-6-7-20(24(39)37(14-16)15-27(30,31)32)34-25(40)36-11-8-26(9-12-36)13-21(38)35-23-18(26)4-2-10-33-23/h1-5,10,16,20H,6-9,11-15H2,(H,34,40)(H,33,35,38)/t16-,20-/m1/s1. The number of urea groups is 1. The van der Waals surface area contributed by atoms with Crippen molar-refractivity contribution in [1.29, 1.82) is 0 Å². The van der Waals surface area contributed by atoms with Gasteiger partial charge in [-0.05, 0) is 43.4 Å². The predicted molar refractivity (Wildman–Crippen MR) is 133 cm³/mol. The van der Waals surface area contributed by atoms with Crippen LogP contribution in [0.4, 0.5) is 32.6 Å². The lowest BCUT2D eigenvalue weighted by Crippen LogP contribution is -2.55. The highest BCUT2D eigenvalue weighted by Crippen LogP contribution is 2.44. The number of rotatable bonds is 3. The number of likely N-dealkylation sites (tertiary alicyclic amines) is 2. The fourth-order valence-electron chi connectivity index (χ4n) is 6.08. The molecule has 1 aromatic heterocycles. The molecule has 4 heterocycles. The van der Waals surface area contributed by atoms with Crippen molar-refractivity contribution in [2.24, 2.45) is 0 Å². The Hall–Kier alpha value is -3.77. The van der Waals surface area contributed by atoms with E-state index in [9.17, 15) is 36.3 Å². The average Bonchev–Trinajstić information content (AvgIpc) is 3.04. The van der Waals surface area contributed by atoms with Crippen molar-refractivity contribution >= 4 is 23.7 Å². The van der Waals surface area contributed by atoms with Gasteiger partial charge >= 0.3 is 12.2 Å². The molecule has 0 aliphatic carbocycles. The molecule has 1 spiro atoms. The highest BCUT2D eigenvalue weighted by molar-refractivity contribution is 5.94. The predicted octanol–water partition coefficient (Wildman–Crippen LogP) is 4.08. The lowest BCUT2D eigenvalue weighted by atomic mass is 9.69. The molecule has 13 heteroatoms. The summed E-state index contributed by atoms with van der Waals surface area (Å²) in [7, 11) is 0. The van der Waals surface area contributed by atoms with E-state index < -0.39 is 60.2 Å². The van der Waals surface area contributed by atoms with Gasteiger partial charge < -0.3 is 20.4 Å². The van der Waals surface area contributed by atoms with Crippen LogP contribution in [0.25, 0.3) is 0 Å². The van der Waals surface area contributed by atoms with Crippen molar-refractivity contribution in [3.05, 3.63) is 59.3 Å². The average molecular weight is 566 g/mol. The molecule has 0 radical (unpaired) electrons. The van der Waals surface area contributed by atoms with Gasteiger partial charge in [-0.2, -0.15) is 13.2 Å². The topological polar surface area (TPSA) is 94.6 Å². The molecule has 0 unspecified atom stereocenters. The number of aromatic nitrogens is 1. The smallest absolute Gasteiger partial charge is 0.331 e. The van der Waals surface area contributed by atoms with Crippen LogP contribution in [0.2, 0.25) is 0 Å². The van der Waals surface area contributed by atoms with E-state index in [1.807, 2.05) is 6.07 Å². The van der Waals surface area contributed by atoms with Crippen molar-refractivity contribution < 1.29 is 36.3 Å². The van der Waals surface area contributed by atoms with E-state index in [0.29, 0.717) is 23.6 Å². The molecule has 3 aliphatic rings. The van der Waals surface area contributed by atoms with E-state index >= 15 is 0 Å². The summed E-state index contributed by atoms with van der Waals surface area (Å²) < 4.78 is 68.4. The molecule has 5 rings (SSSR count). The lowest BCUT2D eigenvalue weighted by Gasteiger charge is -2.44. The molecule has 4 amide bonds. The Balaban J connectivity index is 1.29. The second-order valence-electron chi connectivity index (χ2n) is 10.6. The maximum absolute atomic E-state index is 14.5. The first-order chi connectivity index (χ1) is 19.0. The molecule has 214 valence electrons. The Morgan fingerprint density at radius 3 is 2.58 bits per heavy atom. The molecule has 2 saturated heterocycles. The lowest BCUT2D eigenvalue weighted by molar-refractivity contribution is -0.162. The number of nitrogens with zero attached hydrogens (tertiary/aromatic N) is 3. The Labute approximate surface area is 226 Å². The maximum atomic E-state index is 14.5. The molecule has 2 aromatic rings. The molecule has 0 bridgehead atoms. The van der Waals surface area contributed by atoms with Crippen LogP contribution in [0.15, 0.2) is 36.5 Å². The number of fused-ring (bicyclic) bond motifs is 2. The van der Waals surface area contributed by atoms with E-state index in [0.717, 1.165) is 11.6 Å². The van der Waals surface area contributed by atoms with Crippen molar-refractivity contribution in [1.82, 2.24) is 20.1 Å². The maximum Gasteiger partial charge on any atom is 0.406 e.